The number of halogens is 1. The summed E-state index contributed by atoms with van der Waals surface area (Å²) in [5.41, 5.74) is 1.77. The number of carbonyl (C=O) groups is 1. The third-order valence-corrected chi connectivity index (χ3v) is 4.90. The summed E-state index contributed by atoms with van der Waals surface area (Å²) in [6.07, 6.45) is 0. The van der Waals surface area contributed by atoms with Crippen LogP contribution in [0.3, 0.4) is 0 Å². The lowest BCUT2D eigenvalue weighted by Crippen LogP contribution is -2.27. The van der Waals surface area contributed by atoms with E-state index < -0.39 is 4.92 Å². The van der Waals surface area contributed by atoms with E-state index in [0.717, 1.165) is 5.56 Å². The maximum atomic E-state index is 13.8. The smallest absolute Gasteiger partial charge is 0.269 e. The van der Waals surface area contributed by atoms with Crippen molar-refractivity contribution in [3.63, 3.8) is 0 Å². The molecule has 0 aliphatic carbocycles. The van der Waals surface area contributed by atoms with Gasteiger partial charge in [-0.25, -0.2) is 4.39 Å². The van der Waals surface area contributed by atoms with Crippen molar-refractivity contribution in [2.75, 3.05) is 10.7 Å². The molecule has 0 aromatic heterocycles. The number of rotatable bonds is 3. The fourth-order valence-corrected chi connectivity index (χ4v) is 3.62. The number of nitro groups is 1. The summed E-state index contributed by atoms with van der Waals surface area (Å²) in [5, 5.41) is 10.4. The van der Waals surface area contributed by atoms with Gasteiger partial charge in [0, 0.05) is 17.8 Å². The summed E-state index contributed by atoms with van der Waals surface area (Å²) in [6.45, 7) is 1.66. The molecule has 1 aliphatic rings. The van der Waals surface area contributed by atoms with Crippen LogP contribution in [0.25, 0.3) is 0 Å². The normalized spacial score (nSPS) is 17.6. The van der Waals surface area contributed by atoms with Crippen LogP contribution < -0.4 is 4.90 Å². The van der Waals surface area contributed by atoms with E-state index >= 15 is 0 Å². The van der Waals surface area contributed by atoms with Gasteiger partial charge in [0.2, 0.25) is 5.91 Å². The highest BCUT2D eigenvalue weighted by molar-refractivity contribution is 8.00. The molecule has 7 heteroatoms. The molecular formula is C16H13FN2O3S. The van der Waals surface area contributed by atoms with E-state index in [1.165, 1.54) is 34.9 Å². The maximum absolute atomic E-state index is 13.8. The molecule has 3 rings (SSSR count). The van der Waals surface area contributed by atoms with Gasteiger partial charge < -0.3 is 0 Å². The minimum Gasteiger partial charge on any atom is -0.295 e. The van der Waals surface area contributed by atoms with Crippen LogP contribution in [0, 0.1) is 22.9 Å². The largest absolute Gasteiger partial charge is 0.295 e. The molecule has 0 saturated carbocycles. The first-order chi connectivity index (χ1) is 11.0. The quantitative estimate of drug-likeness (QED) is 0.633. The number of nitro benzene ring substituents is 1. The number of hydrogen-bond acceptors (Lipinski definition) is 4. The average Bonchev–Trinajstić information content (AvgIpc) is 2.92. The monoisotopic (exact) mass is 332 g/mol. The molecule has 2 aromatic rings. The summed E-state index contributed by atoms with van der Waals surface area (Å²) in [7, 11) is 0. The minimum absolute atomic E-state index is 0.00370. The molecule has 1 atom stereocenters. The third kappa shape index (κ3) is 2.92. The molecule has 1 unspecified atom stereocenters. The van der Waals surface area contributed by atoms with E-state index in [1.807, 2.05) is 0 Å². The van der Waals surface area contributed by atoms with Gasteiger partial charge in [0.1, 0.15) is 11.2 Å². The van der Waals surface area contributed by atoms with E-state index in [1.54, 1.807) is 31.2 Å². The Morgan fingerprint density at radius 2 is 1.96 bits per heavy atom. The van der Waals surface area contributed by atoms with Crippen molar-refractivity contribution >= 4 is 29.0 Å². The highest BCUT2D eigenvalue weighted by Gasteiger charge is 2.34. The Hall–Kier alpha value is -2.41. The van der Waals surface area contributed by atoms with Crippen LogP contribution in [-0.4, -0.2) is 16.6 Å². The lowest BCUT2D eigenvalue weighted by atomic mass is 10.1. The summed E-state index contributed by atoms with van der Waals surface area (Å²) in [4.78, 5) is 24.0. The number of non-ortho nitro benzene ring substituents is 1. The summed E-state index contributed by atoms with van der Waals surface area (Å²) >= 11 is 1.41. The number of amides is 1. The second-order valence-electron chi connectivity index (χ2n) is 5.21. The van der Waals surface area contributed by atoms with Crippen molar-refractivity contribution in [3.05, 3.63) is 69.5 Å². The van der Waals surface area contributed by atoms with Gasteiger partial charge in [-0.05, 0) is 42.3 Å². The van der Waals surface area contributed by atoms with Gasteiger partial charge in [-0.2, -0.15) is 0 Å². The Balaban J connectivity index is 1.96. The second kappa shape index (κ2) is 6.00. The average molecular weight is 332 g/mol. The van der Waals surface area contributed by atoms with E-state index in [9.17, 15) is 19.3 Å². The van der Waals surface area contributed by atoms with Gasteiger partial charge in [0.05, 0.1) is 10.7 Å². The Labute approximate surface area is 136 Å². The van der Waals surface area contributed by atoms with Crippen molar-refractivity contribution < 1.29 is 14.1 Å². The minimum atomic E-state index is -0.468. The van der Waals surface area contributed by atoms with Crippen molar-refractivity contribution in [2.24, 2.45) is 0 Å². The lowest BCUT2D eigenvalue weighted by molar-refractivity contribution is -0.384. The van der Waals surface area contributed by atoms with E-state index in [2.05, 4.69) is 0 Å². The Morgan fingerprint density at radius 3 is 2.57 bits per heavy atom. The number of benzene rings is 2. The molecule has 118 valence electrons. The fraction of sp³-hybridized carbons (Fsp3) is 0.188. The van der Waals surface area contributed by atoms with Gasteiger partial charge in [-0.15, -0.1) is 11.8 Å². The molecule has 1 amide bonds. The highest BCUT2D eigenvalue weighted by Crippen LogP contribution is 2.42. The number of carbonyl (C=O) groups excluding carboxylic acids is 1. The zero-order chi connectivity index (χ0) is 16.6. The second-order valence-corrected chi connectivity index (χ2v) is 6.28. The van der Waals surface area contributed by atoms with Gasteiger partial charge in [0.25, 0.3) is 5.69 Å². The van der Waals surface area contributed by atoms with Crippen molar-refractivity contribution in [2.45, 2.75) is 12.3 Å². The molecule has 0 spiro atoms. The molecule has 2 aromatic carbocycles. The molecule has 1 saturated heterocycles. The number of aryl methyl sites for hydroxylation is 1. The first-order valence-electron chi connectivity index (χ1n) is 6.91. The predicted molar refractivity (Wildman–Crippen MR) is 86.9 cm³/mol. The fourth-order valence-electron chi connectivity index (χ4n) is 2.44. The molecule has 0 N–H and O–H groups in total. The molecule has 0 radical (unpaired) electrons. The van der Waals surface area contributed by atoms with E-state index in [4.69, 9.17) is 0 Å². The molecule has 1 heterocycles. The summed E-state index contributed by atoms with van der Waals surface area (Å²) in [6, 6.07) is 10.8. The maximum Gasteiger partial charge on any atom is 0.269 e. The number of thioether (sulfide) groups is 1. The predicted octanol–water partition coefficient (Wildman–Crippen LogP) is 3.82. The Kier molecular flexibility index (Phi) is 4.04. The molecular weight excluding hydrogens is 319 g/mol. The molecule has 1 fully saturated rings. The number of nitrogens with zero attached hydrogens (tertiary/aromatic N) is 2. The standard InChI is InChI=1S/C16H13FN2O3S/c1-10-2-5-13(8-14(10)17)18-15(20)9-23-16(18)11-3-6-12(7-4-11)19(21)22/h2-8,16H,9H2,1H3. The van der Waals surface area contributed by atoms with Crippen LogP contribution in [0.2, 0.25) is 0 Å². The van der Waals surface area contributed by atoms with Crippen molar-refractivity contribution in [3.8, 4) is 0 Å². The van der Waals surface area contributed by atoms with Crippen LogP contribution in [0.5, 0.6) is 0 Å². The zero-order valence-electron chi connectivity index (χ0n) is 12.2. The third-order valence-electron chi connectivity index (χ3n) is 3.69. The Bertz CT molecular complexity index is 779. The lowest BCUT2D eigenvalue weighted by Gasteiger charge is -2.24. The molecule has 1 aliphatic heterocycles. The SMILES string of the molecule is Cc1ccc(N2C(=O)CSC2c2ccc([N+](=O)[O-])cc2)cc1F. The van der Waals surface area contributed by atoms with Gasteiger partial charge in [-0.3, -0.25) is 19.8 Å². The molecule has 0 bridgehead atoms. The topological polar surface area (TPSA) is 63.5 Å². The van der Waals surface area contributed by atoms with Crippen molar-refractivity contribution in [1.82, 2.24) is 0 Å². The molecule has 23 heavy (non-hydrogen) atoms. The van der Waals surface area contributed by atoms with E-state index in [0.29, 0.717) is 11.3 Å². The Morgan fingerprint density at radius 1 is 1.26 bits per heavy atom. The molecule has 5 nitrogen and oxygen atoms in total. The van der Waals surface area contributed by atoms with Crippen LogP contribution in [0.4, 0.5) is 15.8 Å². The summed E-state index contributed by atoms with van der Waals surface area (Å²) in [5.74, 6) is -0.187. The van der Waals surface area contributed by atoms with Crippen LogP contribution in [-0.2, 0) is 4.79 Å². The van der Waals surface area contributed by atoms with Crippen molar-refractivity contribution in [1.29, 1.82) is 0 Å². The first kappa shape index (κ1) is 15.5. The zero-order valence-corrected chi connectivity index (χ0v) is 13.0. The summed E-state index contributed by atoms with van der Waals surface area (Å²) < 4.78 is 13.8. The highest BCUT2D eigenvalue weighted by atomic mass is 32.2. The number of hydrogen-bond donors (Lipinski definition) is 0. The van der Waals surface area contributed by atoms with Crippen LogP contribution >= 0.6 is 11.8 Å². The van der Waals surface area contributed by atoms with Crippen LogP contribution in [0.15, 0.2) is 42.5 Å². The first-order valence-corrected chi connectivity index (χ1v) is 7.96. The van der Waals surface area contributed by atoms with Gasteiger partial charge in [-0.1, -0.05) is 6.07 Å². The van der Waals surface area contributed by atoms with Crippen LogP contribution in [0.1, 0.15) is 16.5 Å². The van der Waals surface area contributed by atoms with E-state index in [-0.39, 0.29) is 28.5 Å². The van der Waals surface area contributed by atoms with Gasteiger partial charge in [0.15, 0.2) is 0 Å². The number of anilines is 1. The van der Waals surface area contributed by atoms with Gasteiger partial charge >= 0.3 is 0 Å².